The number of rotatable bonds is 1. The molecule has 0 aromatic carbocycles. The zero-order chi connectivity index (χ0) is 10.2. The molecule has 6 heteroatoms. The van der Waals surface area contributed by atoms with Gasteiger partial charge < -0.3 is 4.74 Å². The Bertz CT molecular complexity index is 397. The molecule has 0 atom stereocenters. The van der Waals surface area contributed by atoms with Gasteiger partial charge in [-0.2, -0.15) is 0 Å². The van der Waals surface area contributed by atoms with E-state index in [2.05, 4.69) is 10.2 Å². The van der Waals surface area contributed by atoms with E-state index in [9.17, 15) is 4.79 Å². The first kappa shape index (κ1) is 9.67. The van der Waals surface area contributed by atoms with Crippen molar-refractivity contribution in [2.45, 2.75) is 25.3 Å². The van der Waals surface area contributed by atoms with Crippen molar-refractivity contribution in [2.24, 2.45) is 0 Å². The van der Waals surface area contributed by atoms with E-state index in [1.54, 1.807) is 4.57 Å². The SMILES string of the molecule is CC1(n2c(=O)[nH][nH]c2=S)CCOCC1. The van der Waals surface area contributed by atoms with Crippen LogP contribution in [-0.4, -0.2) is 28.0 Å². The lowest BCUT2D eigenvalue weighted by atomic mass is 9.92. The molecule has 0 aliphatic carbocycles. The monoisotopic (exact) mass is 215 g/mol. The Morgan fingerprint density at radius 3 is 2.57 bits per heavy atom. The summed E-state index contributed by atoms with van der Waals surface area (Å²) >= 11 is 5.06. The first-order valence-corrected chi connectivity index (χ1v) is 5.02. The Hall–Kier alpha value is -0.880. The highest BCUT2D eigenvalue weighted by Gasteiger charge is 2.31. The minimum absolute atomic E-state index is 0.167. The summed E-state index contributed by atoms with van der Waals surface area (Å²) in [7, 11) is 0. The van der Waals surface area contributed by atoms with E-state index >= 15 is 0 Å². The molecular formula is C8H13N3O2S. The van der Waals surface area contributed by atoms with Crippen LogP contribution < -0.4 is 5.69 Å². The van der Waals surface area contributed by atoms with Crippen LogP contribution in [0.25, 0.3) is 0 Å². The zero-order valence-electron chi connectivity index (χ0n) is 8.00. The summed E-state index contributed by atoms with van der Waals surface area (Å²) in [5.74, 6) is 0. The normalized spacial score (nSPS) is 20.9. The first-order chi connectivity index (χ1) is 6.63. The Morgan fingerprint density at radius 2 is 2.07 bits per heavy atom. The fourth-order valence-corrected chi connectivity index (χ4v) is 2.19. The maximum Gasteiger partial charge on any atom is 0.342 e. The van der Waals surface area contributed by atoms with Crippen molar-refractivity contribution in [3.8, 4) is 0 Å². The largest absolute Gasteiger partial charge is 0.381 e. The highest BCUT2D eigenvalue weighted by molar-refractivity contribution is 7.71. The van der Waals surface area contributed by atoms with Gasteiger partial charge in [-0.3, -0.25) is 9.67 Å². The van der Waals surface area contributed by atoms with E-state index in [0.29, 0.717) is 18.0 Å². The van der Waals surface area contributed by atoms with Gasteiger partial charge in [-0.15, -0.1) is 0 Å². The third kappa shape index (κ3) is 1.44. The summed E-state index contributed by atoms with van der Waals surface area (Å²) in [6, 6.07) is 0. The molecular weight excluding hydrogens is 202 g/mol. The maximum absolute atomic E-state index is 11.5. The number of nitrogens with one attached hydrogen (secondary N) is 2. The summed E-state index contributed by atoms with van der Waals surface area (Å²) in [6.45, 7) is 3.40. The van der Waals surface area contributed by atoms with Gasteiger partial charge in [0.15, 0.2) is 4.77 Å². The Kier molecular flexibility index (Phi) is 2.32. The lowest BCUT2D eigenvalue weighted by Crippen LogP contribution is -2.42. The Morgan fingerprint density at radius 1 is 1.43 bits per heavy atom. The van der Waals surface area contributed by atoms with Crippen LogP contribution in [0.5, 0.6) is 0 Å². The average molecular weight is 215 g/mol. The Labute approximate surface area is 86.1 Å². The third-order valence-electron chi connectivity index (χ3n) is 2.79. The number of ether oxygens (including phenoxy) is 1. The van der Waals surface area contributed by atoms with Crippen molar-refractivity contribution < 1.29 is 4.74 Å². The van der Waals surface area contributed by atoms with Crippen LogP contribution in [0.4, 0.5) is 0 Å². The molecule has 0 amide bonds. The predicted octanol–water partition coefficient (Wildman–Crippen LogP) is 0.760. The van der Waals surface area contributed by atoms with Crippen molar-refractivity contribution in [1.82, 2.24) is 14.8 Å². The summed E-state index contributed by atoms with van der Waals surface area (Å²) in [5.41, 5.74) is -0.373. The molecule has 1 aliphatic heterocycles. The van der Waals surface area contributed by atoms with Gasteiger partial charge in [0.2, 0.25) is 0 Å². The molecule has 0 radical (unpaired) electrons. The molecule has 1 saturated heterocycles. The maximum atomic E-state index is 11.5. The van der Waals surface area contributed by atoms with Crippen LogP contribution in [0.3, 0.4) is 0 Å². The highest BCUT2D eigenvalue weighted by Crippen LogP contribution is 2.26. The highest BCUT2D eigenvalue weighted by atomic mass is 32.1. The van der Waals surface area contributed by atoms with Gasteiger partial charge in [-0.05, 0) is 32.0 Å². The van der Waals surface area contributed by atoms with Crippen LogP contribution in [0, 0.1) is 4.77 Å². The lowest BCUT2D eigenvalue weighted by Gasteiger charge is -2.33. The number of aromatic amines is 2. The molecule has 5 nitrogen and oxygen atoms in total. The molecule has 0 spiro atoms. The molecule has 2 N–H and O–H groups in total. The lowest BCUT2D eigenvalue weighted by molar-refractivity contribution is 0.0274. The fourth-order valence-electron chi connectivity index (χ4n) is 1.84. The van der Waals surface area contributed by atoms with E-state index < -0.39 is 0 Å². The van der Waals surface area contributed by atoms with Crippen LogP contribution in [0.2, 0.25) is 0 Å². The molecule has 14 heavy (non-hydrogen) atoms. The minimum Gasteiger partial charge on any atom is -0.381 e. The van der Waals surface area contributed by atoms with Gasteiger partial charge in [0.05, 0.1) is 5.54 Å². The second kappa shape index (κ2) is 3.36. The number of hydrogen-bond acceptors (Lipinski definition) is 3. The molecule has 78 valence electrons. The summed E-state index contributed by atoms with van der Waals surface area (Å²) in [6.07, 6.45) is 1.64. The summed E-state index contributed by atoms with van der Waals surface area (Å²) in [5, 5.41) is 5.16. The molecule has 2 rings (SSSR count). The quantitative estimate of drug-likeness (QED) is 0.680. The van der Waals surface area contributed by atoms with E-state index in [1.165, 1.54) is 0 Å². The van der Waals surface area contributed by atoms with Crippen molar-refractivity contribution in [1.29, 1.82) is 0 Å². The first-order valence-electron chi connectivity index (χ1n) is 4.61. The van der Waals surface area contributed by atoms with Gasteiger partial charge in [0, 0.05) is 13.2 Å². The van der Waals surface area contributed by atoms with Crippen molar-refractivity contribution in [3.05, 3.63) is 15.3 Å². The van der Waals surface area contributed by atoms with E-state index in [0.717, 1.165) is 12.8 Å². The Balaban J connectivity index is 2.47. The smallest absolute Gasteiger partial charge is 0.342 e. The molecule has 1 aromatic heterocycles. The van der Waals surface area contributed by atoms with Gasteiger partial charge in [0.25, 0.3) is 0 Å². The molecule has 1 aliphatic rings. The van der Waals surface area contributed by atoms with Crippen molar-refractivity contribution in [3.63, 3.8) is 0 Å². The average Bonchev–Trinajstić information content (AvgIpc) is 2.48. The summed E-state index contributed by atoms with van der Waals surface area (Å²) in [4.78, 5) is 11.5. The zero-order valence-corrected chi connectivity index (χ0v) is 8.82. The number of H-pyrrole nitrogens is 2. The number of aromatic nitrogens is 3. The predicted molar refractivity (Wildman–Crippen MR) is 53.9 cm³/mol. The second-order valence-electron chi connectivity index (χ2n) is 3.81. The molecule has 0 bridgehead atoms. The van der Waals surface area contributed by atoms with Crippen LogP contribution >= 0.6 is 12.2 Å². The number of hydrogen-bond donors (Lipinski definition) is 2. The van der Waals surface area contributed by atoms with Gasteiger partial charge in [-0.1, -0.05) is 0 Å². The molecule has 1 fully saturated rings. The fraction of sp³-hybridized carbons (Fsp3) is 0.750. The van der Waals surface area contributed by atoms with Gasteiger partial charge in [-0.25, -0.2) is 9.89 Å². The number of nitrogens with zero attached hydrogens (tertiary/aromatic N) is 1. The van der Waals surface area contributed by atoms with E-state index in [4.69, 9.17) is 17.0 Å². The van der Waals surface area contributed by atoms with Crippen molar-refractivity contribution >= 4 is 12.2 Å². The molecule has 1 aromatic rings. The van der Waals surface area contributed by atoms with Crippen LogP contribution in [0.15, 0.2) is 4.79 Å². The standard InChI is InChI=1S/C8H13N3O2S/c1-8(2-4-13-5-3-8)11-6(12)9-10-7(11)14/h2-5H2,1H3,(H,9,12)(H,10,14). The second-order valence-corrected chi connectivity index (χ2v) is 4.19. The molecule has 2 heterocycles. The van der Waals surface area contributed by atoms with E-state index in [1.807, 2.05) is 6.92 Å². The summed E-state index contributed by atoms with van der Waals surface area (Å²) < 4.78 is 7.35. The van der Waals surface area contributed by atoms with Crippen molar-refractivity contribution in [2.75, 3.05) is 13.2 Å². The third-order valence-corrected chi connectivity index (χ3v) is 3.08. The van der Waals surface area contributed by atoms with Crippen LogP contribution in [-0.2, 0) is 10.3 Å². The van der Waals surface area contributed by atoms with E-state index in [-0.39, 0.29) is 11.2 Å². The molecule has 0 unspecified atom stereocenters. The topological polar surface area (TPSA) is 62.8 Å². The molecule has 0 saturated carbocycles. The van der Waals surface area contributed by atoms with Crippen LogP contribution in [0.1, 0.15) is 19.8 Å². The van der Waals surface area contributed by atoms with Gasteiger partial charge >= 0.3 is 5.69 Å². The minimum atomic E-state index is -0.205. The van der Waals surface area contributed by atoms with Gasteiger partial charge in [0.1, 0.15) is 0 Å².